The molecule has 2 amide bonds. The van der Waals surface area contributed by atoms with Crippen molar-refractivity contribution >= 4 is 11.8 Å². The van der Waals surface area contributed by atoms with Crippen molar-refractivity contribution in [3.8, 4) is 0 Å². The second-order valence-electron chi connectivity index (χ2n) is 8.77. The number of benzene rings is 1. The number of carbonyl (C=O) groups is 2. The van der Waals surface area contributed by atoms with E-state index in [2.05, 4.69) is 25.7 Å². The van der Waals surface area contributed by atoms with Gasteiger partial charge in [-0.1, -0.05) is 39.0 Å². The zero-order chi connectivity index (χ0) is 19.4. The third kappa shape index (κ3) is 4.72. The minimum Gasteiger partial charge on any atom is -0.339 e. The number of carbonyl (C=O) groups excluding carboxylic acids is 2. The standard InChI is InChI=1S/C23H34N2O2/c1-17(2)21-12-11-18(3)13-15-25(21)23(27)20-10-7-14-24(16-20)22(26)19-8-5-4-6-9-19/h4-6,8-9,17-18,20-21H,7,10-16H2,1-3H3. The number of likely N-dealkylation sites (tertiary alicyclic amines) is 2. The summed E-state index contributed by atoms with van der Waals surface area (Å²) in [4.78, 5) is 30.3. The maximum Gasteiger partial charge on any atom is 0.253 e. The van der Waals surface area contributed by atoms with Gasteiger partial charge in [-0.05, 0) is 56.1 Å². The molecule has 0 aliphatic carbocycles. The number of hydrogen-bond acceptors (Lipinski definition) is 2. The Hall–Kier alpha value is -1.84. The van der Waals surface area contributed by atoms with Gasteiger partial charge in [-0.15, -0.1) is 0 Å². The van der Waals surface area contributed by atoms with E-state index in [9.17, 15) is 9.59 Å². The van der Waals surface area contributed by atoms with Crippen LogP contribution >= 0.6 is 0 Å². The Bertz CT molecular complexity index is 643. The first kappa shape index (κ1) is 19.9. The molecule has 0 spiro atoms. The first-order chi connectivity index (χ1) is 13.0. The van der Waals surface area contributed by atoms with Crippen molar-refractivity contribution in [3.05, 3.63) is 35.9 Å². The monoisotopic (exact) mass is 370 g/mol. The molecule has 1 aromatic rings. The first-order valence-electron chi connectivity index (χ1n) is 10.6. The summed E-state index contributed by atoms with van der Waals surface area (Å²) in [7, 11) is 0. The van der Waals surface area contributed by atoms with Crippen LogP contribution in [0, 0.1) is 17.8 Å². The summed E-state index contributed by atoms with van der Waals surface area (Å²) in [6.07, 6.45) is 5.20. The molecule has 1 aromatic carbocycles. The second-order valence-corrected chi connectivity index (χ2v) is 8.77. The number of nitrogens with zero attached hydrogens (tertiary/aromatic N) is 2. The number of piperidine rings is 1. The van der Waals surface area contributed by atoms with Crippen LogP contribution in [0.2, 0.25) is 0 Å². The highest BCUT2D eigenvalue weighted by Gasteiger charge is 2.36. The van der Waals surface area contributed by atoms with E-state index >= 15 is 0 Å². The van der Waals surface area contributed by atoms with Gasteiger partial charge in [0.2, 0.25) is 5.91 Å². The van der Waals surface area contributed by atoms with Gasteiger partial charge in [0.25, 0.3) is 5.91 Å². The SMILES string of the molecule is CC1CCC(C(C)C)N(C(=O)C2CCCN(C(=O)c3ccccc3)C2)CC1. The van der Waals surface area contributed by atoms with E-state index in [1.807, 2.05) is 35.2 Å². The molecule has 27 heavy (non-hydrogen) atoms. The van der Waals surface area contributed by atoms with Gasteiger partial charge < -0.3 is 9.80 Å². The van der Waals surface area contributed by atoms with Gasteiger partial charge in [-0.25, -0.2) is 0 Å². The summed E-state index contributed by atoms with van der Waals surface area (Å²) in [6, 6.07) is 9.77. The molecule has 0 N–H and O–H groups in total. The molecule has 4 heteroatoms. The van der Waals surface area contributed by atoms with Gasteiger partial charge in [0.15, 0.2) is 0 Å². The Morgan fingerprint density at radius 1 is 1.00 bits per heavy atom. The molecule has 2 aliphatic heterocycles. The normalized spacial score (nSPS) is 26.7. The van der Waals surface area contributed by atoms with Crippen LogP contribution in [-0.2, 0) is 4.79 Å². The average Bonchev–Trinajstić information content (AvgIpc) is 2.89. The van der Waals surface area contributed by atoms with Gasteiger partial charge >= 0.3 is 0 Å². The molecule has 0 aromatic heterocycles. The number of rotatable bonds is 3. The summed E-state index contributed by atoms with van der Waals surface area (Å²) in [5.41, 5.74) is 0.717. The van der Waals surface area contributed by atoms with Crippen molar-refractivity contribution in [1.29, 1.82) is 0 Å². The van der Waals surface area contributed by atoms with Crippen molar-refractivity contribution in [1.82, 2.24) is 9.80 Å². The lowest BCUT2D eigenvalue weighted by molar-refractivity contribution is -0.140. The minimum absolute atomic E-state index is 0.0537. The third-order valence-electron chi connectivity index (χ3n) is 6.35. The molecule has 3 atom stereocenters. The second kappa shape index (κ2) is 8.90. The molecule has 148 valence electrons. The van der Waals surface area contributed by atoms with Crippen LogP contribution in [0.1, 0.15) is 63.2 Å². The molecule has 2 heterocycles. The van der Waals surface area contributed by atoms with E-state index in [1.165, 1.54) is 6.42 Å². The summed E-state index contributed by atoms with van der Waals surface area (Å²) in [5, 5.41) is 0. The van der Waals surface area contributed by atoms with Crippen molar-refractivity contribution in [2.24, 2.45) is 17.8 Å². The van der Waals surface area contributed by atoms with Crippen LogP contribution in [0.5, 0.6) is 0 Å². The van der Waals surface area contributed by atoms with Gasteiger partial charge in [0.1, 0.15) is 0 Å². The molecule has 4 nitrogen and oxygen atoms in total. The molecule has 0 radical (unpaired) electrons. The van der Waals surface area contributed by atoms with Gasteiger partial charge in [-0.3, -0.25) is 9.59 Å². The lowest BCUT2D eigenvalue weighted by Gasteiger charge is -2.39. The highest BCUT2D eigenvalue weighted by atomic mass is 16.2. The van der Waals surface area contributed by atoms with E-state index in [1.54, 1.807) is 0 Å². The van der Waals surface area contributed by atoms with Crippen LogP contribution < -0.4 is 0 Å². The largest absolute Gasteiger partial charge is 0.339 e. The van der Waals surface area contributed by atoms with Crippen LogP contribution in [0.3, 0.4) is 0 Å². The fourth-order valence-electron chi connectivity index (χ4n) is 4.61. The van der Waals surface area contributed by atoms with Crippen LogP contribution in [-0.4, -0.2) is 47.3 Å². The van der Waals surface area contributed by atoms with Gasteiger partial charge in [0.05, 0.1) is 5.92 Å². The van der Waals surface area contributed by atoms with Crippen molar-refractivity contribution < 1.29 is 9.59 Å². The van der Waals surface area contributed by atoms with Crippen LogP contribution in [0.25, 0.3) is 0 Å². The predicted octanol–water partition coefficient (Wildman–Crippen LogP) is 4.21. The van der Waals surface area contributed by atoms with E-state index < -0.39 is 0 Å². The maximum atomic E-state index is 13.4. The first-order valence-corrected chi connectivity index (χ1v) is 10.6. The summed E-state index contributed by atoms with van der Waals surface area (Å²) >= 11 is 0. The minimum atomic E-state index is -0.0546. The topological polar surface area (TPSA) is 40.6 Å². The smallest absolute Gasteiger partial charge is 0.253 e. The molecule has 2 fully saturated rings. The fraction of sp³-hybridized carbons (Fsp3) is 0.652. The van der Waals surface area contributed by atoms with E-state index in [0.717, 1.165) is 38.8 Å². The Labute approximate surface area is 163 Å². The van der Waals surface area contributed by atoms with Gasteiger partial charge in [0, 0.05) is 31.2 Å². The fourth-order valence-corrected chi connectivity index (χ4v) is 4.61. The van der Waals surface area contributed by atoms with Crippen LogP contribution in [0.15, 0.2) is 30.3 Å². The molecule has 3 unspecified atom stereocenters. The van der Waals surface area contributed by atoms with Crippen molar-refractivity contribution in [2.45, 2.75) is 58.9 Å². The quantitative estimate of drug-likeness (QED) is 0.799. The zero-order valence-corrected chi connectivity index (χ0v) is 17.1. The highest BCUT2D eigenvalue weighted by molar-refractivity contribution is 5.94. The zero-order valence-electron chi connectivity index (χ0n) is 17.1. The lowest BCUT2D eigenvalue weighted by Crippen LogP contribution is -2.50. The molecule has 0 bridgehead atoms. The van der Waals surface area contributed by atoms with E-state index in [4.69, 9.17) is 0 Å². The number of amides is 2. The highest BCUT2D eigenvalue weighted by Crippen LogP contribution is 2.29. The summed E-state index contributed by atoms with van der Waals surface area (Å²) < 4.78 is 0. The molecular formula is C23H34N2O2. The Balaban J connectivity index is 1.70. The number of hydrogen-bond donors (Lipinski definition) is 0. The summed E-state index contributed by atoms with van der Waals surface area (Å²) in [6.45, 7) is 8.93. The molecule has 2 aliphatic rings. The Morgan fingerprint density at radius 2 is 1.74 bits per heavy atom. The van der Waals surface area contributed by atoms with E-state index in [-0.39, 0.29) is 17.7 Å². The van der Waals surface area contributed by atoms with E-state index in [0.29, 0.717) is 30.0 Å². The molecule has 3 rings (SSSR count). The summed E-state index contributed by atoms with van der Waals surface area (Å²) in [5.74, 6) is 1.43. The van der Waals surface area contributed by atoms with Crippen molar-refractivity contribution in [2.75, 3.05) is 19.6 Å². The maximum absolute atomic E-state index is 13.4. The van der Waals surface area contributed by atoms with Crippen molar-refractivity contribution in [3.63, 3.8) is 0 Å². The Morgan fingerprint density at radius 3 is 2.44 bits per heavy atom. The average molecular weight is 371 g/mol. The van der Waals surface area contributed by atoms with Crippen LogP contribution in [0.4, 0.5) is 0 Å². The Kier molecular flexibility index (Phi) is 6.56. The third-order valence-corrected chi connectivity index (χ3v) is 6.35. The predicted molar refractivity (Wildman–Crippen MR) is 108 cm³/mol. The van der Waals surface area contributed by atoms with Gasteiger partial charge in [-0.2, -0.15) is 0 Å². The molecule has 2 saturated heterocycles. The molecule has 0 saturated carbocycles. The lowest BCUT2D eigenvalue weighted by atomic mass is 9.92. The molecular weight excluding hydrogens is 336 g/mol.